The van der Waals surface area contributed by atoms with Gasteiger partial charge in [-0.1, -0.05) is 6.42 Å². The average molecular weight is 206 g/mol. The van der Waals surface area contributed by atoms with Crippen LogP contribution in [0.5, 0.6) is 0 Å². The maximum atomic E-state index is 10.1. The lowest BCUT2D eigenvalue weighted by molar-refractivity contribution is -0.138. The second-order valence-corrected chi connectivity index (χ2v) is 2.63. The number of nitrogens with two attached hydrogens (primary N) is 4. The summed E-state index contributed by atoms with van der Waals surface area (Å²) in [5.74, 6) is -0.933. The van der Waals surface area contributed by atoms with E-state index >= 15 is 0 Å². The SMILES string of the molecule is NC(N)=O.NCCCCC(N)C(=O)O. The van der Waals surface area contributed by atoms with E-state index in [-0.39, 0.29) is 0 Å². The fourth-order valence-corrected chi connectivity index (χ4v) is 0.632. The summed E-state index contributed by atoms with van der Waals surface area (Å²) in [7, 11) is 0. The van der Waals surface area contributed by atoms with Crippen LogP contribution in [0.15, 0.2) is 0 Å². The number of unbranched alkanes of at least 4 members (excludes halogenated alkanes) is 1. The Kier molecular flexibility index (Phi) is 10.5. The molecule has 0 rings (SSSR count). The lowest BCUT2D eigenvalue weighted by Gasteiger charge is -2.03. The molecule has 0 aromatic carbocycles. The van der Waals surface area contributed by atoms with E-state index in [0.29, 0.717) is 13.0 Å². The Hall–Kier alpha value is -1.34. The number of primary amides is 2. The molecule has 0 saturated carbocycles. The zero-order chi connectivity index (χ0) is 11.6. The number of amides is 2. The predicted octanol–water partition coefficient (Wildman–Crippen LogP) is -1.45. The topological polar surface area (TPSA) is 158 Å². The highest BCUT2D eigenvalue weighted by Crippen LogP contribution is 1.96. The summed E-state index contributed by atoms with van der Waals surface area (Å²) >= 11 is 0. The Morgan fingerprint density at radius 2 is 1.64 bits per heavy atom. The summed E-state index contributed by atoms with van der Waals surface area (Å²) in [4.78, 5) is 19.1. The summed E-state index contributed by atoms with van der Waals surface area (Å²) in [6, 6.07) is -1.55. The van der Waals surface area contributed by atoms with E-state index in [2.05, 4.69) is 11.5 Å². The standard InChI is InChI=1S/C6H14N2O2.CH4N2O/c7-4-2-1-3-5(8)6(9)10;2-1(3)4/h5H,1-4,7-8H2,(H,9,10);(H4,2,3,4). The molecule has 0 heterocycles. The van der Waals surface area contributed by atoms with Crippen LogP contribution in [-0.4, -0.2) is 29.7 Å². The molecule has 7 nitrogen and oxygen atoms in total. The first-order valence-corrected chi connectivity index (χ1v) is 4.15. The van der Waals surface area contributed by atoms with Crippen molar-refractivity contribution in [1.29, 1.82) is 0 Å². The molecule has 7 heteroatoms. The molecule has 0 aliphatic heterocycles. The van der Waals surface area contributed by atoms with E-state index in [0.717, 1.165) is 12.8 Å². The molecule has 0 spiro atoms. The van der Waals surface area contributed by atoms with Crippen LogP contribution >= 0.6 is 0 Å². The molecule has 0 aromatic rings. The minimum absolute atomic E-state index is 0.520. The quantitative estimate of drug-likeness (QED) is 0.347. The number of urea groups is 1. The molecule has 0 aliphatic carbocycles. The van der Waals surface area contributed by atoms with E-state index < -0.39 is 18.0 Å². The number of rotatable bonds is 5. The van der Waals surface area contributed by atoms with E-state index in [1.165, 1.54) is 0 Å². The fraction of sp³-hybridized carbons (Fsp3) is 0.714. The maximum absolute atomic E-state index is 10.1. The molecule has 0 fully saturated rings. The van der Waals surface area contributed by atoms with Crippen molar-refractivity contribution in [3.05, 3.63) is 0 Å². The third-order valence-corrected chi connectivity index (χ3v) is 1.29. The van der Waals surface area contributed by atoms with Crippen LogP contribution in [0.3, 0.4) is 0 Å². The van der Waals surface area contributed by atoms with Crippen LogP contribution in [0, 0.1) is 0 Å². The van der Waals surface area contributed by atoms with Gasteiger partial charge in [-0.3, -0.25) is 4.79 Å². The van der Waals surface area contributed by atoms with Gasteiger partial charge in [0.2, 0.25) is 0 Å². The lowest BCUT2D eigenvalue weighted by Crippen LogP contribution is -2.29. The molecule has 9 N–H and O–H groups in total. The van der Waals surface area contributed by atoms with Gasteiger partial charge in [0.1, 0.15) is 6.04 Å². The normalized spacial score (nSPS) is 11.0. The van der Waals surface area contributed by atoms with Crippen molar-refractivity contribution < 1.29 is 14.7 Å². The van der Waals surface area contributed by atoms with Gasteiger partial charge in [-0.15, -0.1) is 0 Å². The molecule has 0 aromatic heterocycles. The van der Waals surface area contributed by atoms with E-state index in [1.54, 1.807) is 0 Å². The van der Waals surface area contributed by atoms with Gasteiger partial charge in [-0.2, -0.15) is 0 Å². The Bertz CT molecular complexity index is 170. The molecule has 2 amide bonds. The van der Waals surface area contributed by atoms with Gasteiger partial charge in [-0.25, -0.2) is 4.79 Å². The highest BCUT2D eigenvalue weighted by atomic mass is 16.4. The Balaban J connectivity index is 0. The van der Waals surface area contributed by atoms with Crippen molar-refractivity contribution in [2.75, 3.05) is 6.54 Å². The van der Waals surface area contributed by atoms with Crippen molar-refractivity contribution in [1.82, 2.24) is 0 Å². The molecule has 1 atom stereocenters. The van der Waals surface area contributed by atoms with Gasteiger partial charge in [0.25, 0.3) is 0 Å². The number of hydrogen-bond acceptors (Lipinski definition) is 4. The molecule has 84 valence electrons. The van der Waals surface area contributed by atoms with Gasteiger partial charge >= 0.3 is 12.0 Å². The molecule has 1 unspecified atom stereocenters. The summed E-state index contributed by atoms with van der Waals surface area (Å²) < 4.78 is 0. The largest absolute Gasteiger partial charge is 0.480 e. The Morgan fingerprint density at radius 1 is 1.21 bits per heavy atom. The maximum Gasteiger partial charge on any atom is 0.320 e. The van der Waals surface area contributed by atoms with Crippen LogP contribution < -0.4 is 22.9 Å². The van der Waals surface area contributed by atoms with Crippen molar-refractivity contribution in [2.24, 2.45) is 22.9 Å². The van der Waals surface area contributed by atoms with Crippen LogP contribution in [0.4, 0.5) is 4.79 Å². The van der Waals surface area contributed by atoms with E-state index in [1.807, 2.05) is 0 Å². The zero-order valence-electron chi connectivity index (χ0n) is 7.98. The smallest absolute Gasteiger partial charge is 0.320 e. The summed E-state index contributed by atoms with van der Waals surface area (Å²) in [6.45, 7) is 0.604. The molecule has 0 radical (unpaired) electrons. The van der Waals surface area contributed by atoms with Gasteiger partial charge in [0.05, 0.1) is 0 Å². The monoisotopic (exact) mass is 206 g/mol. The number of aliphatic carboxylic acids is 1. The number of hydrogen-bond donors (Lipinski definition) is 5. The van der Waals surface area contributed by atoms with Gasteiger partial charge < -0.3 is 28.0 Å². The van der Waals surface area contributed by atoms with E-state index in [4.69, 9.17) is 21.4 Å². The van der Waals surface area contributed by atoms with Crippen molar-refractivity contribution >= 4 is 12.0 Å². The number of carboxylic acids is 1. The van der Waals surface area contributed by atoms with Gasteiger partial charge in [0.15, 0.2) is 0 Å². The van der Waals surface area contributed by atoms with E-state index in [9.17, 15) is 4.79 Å². The second-order valence-electron chi connectivity index (χ2n) is 2.63. The lowest BCUT2D eigenvalue weighted by atomic mass is 10.1. The first-order chi connectivity index (χ1) is 6.41. The first-order valence-electron chi connectivity index (χ1n) is 4.15. The van der Waals surface area contributed by atoms with Crippen LogP contribution in [0.25, 0.3) is 0 Å². The third-order valence-electron chi connectivity index (χ3n) is 1.29. The predicted molar refractivity (Wildman–Crippen MR) is 52.3 cm³/mol. The summed E-state index contributed by atoms with van der Waals surface area (Å²) in [5.41, 5.74) is 18.9. The van der Waals surface area contributed by atoms with Crippen LogP contribution in [-0.2, 0) is 4.79 Å². The second kappa shape index (κ2) is 9.75. The minimum Gasteiger partial charge on any atom is -0.480 e. The van der Waals surface area contributed by atoms with Gasteiger partial charge in [0, 0.05) is 0 Å². The molecule has 0 bridgehead atoms. The first kappa shape index (κ1) is 15.1. The Morgan fingerprint density at radius 3 is 1.93 bits per heavy atom. The highest BCUT2D eigenvalue weighted by Gasteiger charge is 2.09. The summed E-state index contributed by atoms with van der Waals surface area (Å²) in [5, 5.41) is 8.33. The van der Waals surface area contributed by atoms with Crippen LogP contribution in [0.2, 0.25) is 0 Å². The molecule has 0 saturated heterocycles. The molecule has 0 aliphatic rings. The number of carbonyl (C=O) groups excluding carboxylic acids is 1. The average Bonchev–Trinajstić information content (AvgIpc) is 2.03. The number of carbonyl (C=O) groups is 2. The highest BCUT2D eigenvalue weighted by molar-refractivity contribution is 5.72. The third kappa shape index (κ3) is 17.0. The molecule has 14 heavy (non-hydrogen) atoms. The van der Waals surface area contributed by atoms with Crippen molar-refractivity contribution in [3.8, 4) is 0 Å². The molecular weight excluding hydrogens is 188 g/mol. The van der Waals surface area contributed by atoms with Crippen LogP contribution in [0.1, 0.15) is 19.3 Å². The van der Waals surface area contributed by atoms with Crippen molar-refractivity contribution in [2.45, 2.75) is 25.3 Å². The molecular formula is C7H18N4O3. The summed E-state index contributed by atoms with van der Waals surface area (Å²) in [6.07, 6.45) is 2.16. The minimum atomic E-state index is -0.933. The number of carboxylic acid groups (broad SMARTS) is 1. The Labute approximate surface area is 82.4 Å². The van der Waals surface area contributed by atoms with Gasteiger partial charge in [-0.05, 0) is 19.4 Å². The van der Waals surface area contributed by atoms with Crippen molar-refractivity contribution in [3.63, 3.8) is 0 Å². The zero-order valence-corrected chi connectivity index (χ0v) is 7.98. The fourth-order valence-electron chi connectivity index (χ4n) is 0.632.